The zero-order chi connectivity index (χ0) is 16.0. The van der Waals surface area contributed by atoms with Crippen LogP contribution in [0.1, 0.15) is 23.2 Å². The predicted molar refractivity (Wildman–Crippen MR) is 75.5 cm³/mol. The van der Waals surface area contributed by atoms with Crippen LogP contribution in [0.4, 0.5) is 4.39 Å². The summed E-state index contributed by atoms with van der Waals surface area (Å²) in [6, 6.07) is 1.68. The number of benzene rings is 1. The molecule has 3 rings (SSSR count). The molecule has 0 radical (unpaired) electrons. The first-order valence-electron chi connectivity index (χ1n) is 6.57. The Morgan fingerprint density at radius 1 is 1.14 bits per heavy atom. The van der Waals surface area contributed by atoms with E-state index in [1.807, 2.05) is 0 Å². The molecule has 0 fully saturated rings. The molecule has 0 saturated carbocycles. The first kappa shape index (κ1) is 14.6. The van der Waals surface area contributed by atoms with E-state index < -0.39 is 28.9 Å². The van der Waals surface area contributed by atoms with Crippen molar-refractivity contribution in [2.75, 3.05) is 0 Å². The van der Waals surface area contributed by atoms with Crippen LogP contribution in [-0.4, -0.2) is 25.0 Å². The number of carboxylic acids is 1. The molecular weight excluding hydrogens is 317 g/mol. The Bertz CT molecular complexity index is 858. The molecule has 1 aliphatic rings. The maximum Gasteiger partial charge on any atom is 0.351 e. The van der Waals surface area contributed by atoms with Crippen molar-refractivity contribution in [3.05, 3.63) is 49.5 Å². The van der Waals surface area contributed by atoms with Crippen molar-refractivity contribution in [2.45, 2.75) is 25.9 Å². The van der Waals surface area contributed by atoms with Crippen molar-refractivity contribution in [3.63, 3.8) is 0 Å². The fourth-order valence-corrected chi connectivity index (χ4v) is 2.79. The zero-order valence-electron chi connectivity index (χ0n) is 11.3. The normalized spacial score (nSPS) is 13.9. The van der Waals surface area contributed by atoms with E-state index in [0.29, 0.717) is 17.7 Å². The van der Waals surface area contributed by atoms with Crippen molar-refractivity contribution < 1.29 is 14.3 Å². The smallest absolute Gasteiger partial charge is 0.351 e. The summed E-state index contributed by atoms with van der Waals surface area (Å²) in [5.41, 5.74) is -2.17. The fraction of sp³-hybridized carbons (Fsp3) is 0.308. The second-order valence-corrected chi connectivity index (χ2v) is 5.35. The third kappa shape index (κ3) is 2.07. The molecule has 7 nitrogen and oxygen atoms in total. The van der Waals surface area contributed by atoms with Gasteiger partial charge >= 0.3 is 17.3 Å². The van der Waals surface area contributed by atoms with Crippen LogP contribution in [0.3, 0.4) is 0 Å². The SMILES string of the molecule is O=C(O)c1cc(-n2c(=O)n3n(c2=O)CCCC3)c(F)cc1Cl. The standard InChI is InChI=1S/C13H11ClFN3O4/c14-8-6-9(15)10(5-7(8)11(19)20)18-12(21)16-3-1-2-4-17(16)13(18)22/h5-6H,1-4H2,(H,19,20). The van der Waals surface area contributed by atoms with Gasteiger partial charge in [0.25, 0.3) is 0 Å². The average Bonchev–Trinajstić information content (AvgIpc) is 2.72. The zero-order valence-corrected chi connectivity index (χ0v) is 12.0. The van der Waals surface area contributed by atoms with E-state index in [0.717, 1.165) is 25.0 Å². The van der Waals surface area contributed by atoms with Crippen molar-refractivity contribution in [1.29, 1.82) is 0 Å². The second-order valence-electron chi connectivity index (χ2n) is 4.94. The maximum atomic E-state index is 14.1. The lowest BCUT2D eigenvalue weighted by Crippen LogP contribution is -2.30. The van der Waals surface area contributed by atoms with Gasteiger partial charge in [0.1, 0.15) is 5.82 Å². The van der Waals surface area contributed by atoms with Gasteiger partial charge in [0.05, 0.1) is 16.3 Å². The van der Waals surface area contributed by atoms with Crippen molar-refractivity contribution >= 4 is 17.6 Å². The monoisotopic (exact) mass is 327 g/mol. The number of carbonyl (C=O) groups is 1. The van der Waals surface area contributed by atoms with E-state index in [-0.39, 0.29) is 10.6 Å². The molecule has 0 bridgehead atoms. The van der Waals surface area contributed by atoms with E-state index in [4.69, 9.17) is 16.7 Å². The topological polar surface area (TPSA) is 86.2 Å². The predicted octanol–water partition coefficient (Wildman–Crippen LogP) is 1.09. The summed E-state index contributed by atoms with van der Waals surface area (Å²) < 4.78 is 17.2. The van der Waals surface area contributed by atoms with Crippen LogP contribution in [0.5, 0.6) is 0 Å². The number of aromatic nitrogens is 3. The van der Waals surface area contributed by atoms with Crippen molar-refractivity contribution in [2.24, 2.45) is 0 Å². The van der Waals surface area contributed by atoms with E-state index in [1.165, 1.54) is 9.36 Å². The number of halogens is 2. The van der Waals surface area contributed by atoms with E-state index in [2.05, 4.69) is 0 Å². The van der Waals surface area contributed by atoms with E-state index in [1.54, 1.807) is 0 Å². The van der Waals surface area contributed by atoms with E-state index in [9.17, 15) is 18.8 Å². The van der Waals surface area contributed by atoms with Gasteiger partial charge in [-0.15, -0.1) is 0 Å². The van der Waals surface area contributed by atoms with Crippen LogP contribution in [0.25, 0.3) is 5.69 Å². The van der Waals surface area contributed by atoms with Crippen molar-refractivity contribution in [3.8, 4) is 5.69 Å². The number of hydrogen-bond donors (Lipinski definition) is 1. The lowest BCUT2D eigenvalue weighted by Gasteiger charge is -2.13. The van der Waals surface area contributed by atoms with Crippen LogP contribution < -0.4 is 11.4 Å². The van der Waals surface area contributed by atoms with Crippen LogP contribution in [0.2, 0.25) is 5.02 Å². The highest BCUT2D eigenvalue weighted by atomic mass is 35.5. The molecule has 2 heterocycles. The Morgan fingerprint density at radius 2 is 1.68 bits per heavy atom. The highest BCUT2D eigenvalue weighted by Crippen LogP contribution is 2.22. The summed E-state index contributed by atoms with van der Waals surface area (Å²) in [6.07, 6.45) is 1.49. The molecule has 0 saturated heterocycles. The minimum atomic E-state index is -1.37. The summed E-state index contributed by atoms with van der Waals surface area (Å²) in [5, 5.41) is 8.75. The van der Waals surface area contributed by atoms with Gasteiger partial charge in [0.15, 0.2) is 0 Å². The summed E-state index contributed by atoms with van der Waals surface area (Å²) in [7, 11) is 0. The van der Waals surface area contributed by atoms with E-state index >= 15 is 0 Å². The molecule has 2 aromatic rings. The maximum absolute atomic E-state index is 14.1. The summed E-state index contributed by atoms with van der Waals surface area (Å²) >= 11 is 5.67. The summed E-state index contributed by atoms with van der Waals surface area (Å²) in [5.74, 6) is -2.30. The first-order chi connectivity index (χ1) is 10.4. The number of hydrogen-bond acceptors (Lipinski definition) is 3. The molecule has 0 unspecified atom stereocenters. The molecule has 1 aromatic carbocycles. The fourth-order valence-electron chi connectivity index (χ4n) is 2.55. The number of carboxylic acid groups (broad SMARTS) is 1. The molecule has 0 spiro atoms. The minimum Gasteiger partial charge on any atom is -0.478 e. The van der Waals surface area contributed by atoms with Gasteiger partial charge in [0, 0.05) is 13.1 Å². The average molecular weight is 328 g/mol. The lowest BCUT2D eigenvalue weighted by molar-refractivity contribution is 0.0697. The Balaban J connectivity index is 2.31. The first-order valence-corrected chi connectivity index (χ1v) is 6.95. The third-order valence-electron chi connectivity index (χ3n) is 3.61. The molecule has 0 atom stereocenters. The summed E-state index contributed by atoms with van der Waals surface area (Å²) in [4.78, 5) is 35.7. The number of rotatable bonds is 2. The number of fused-ring (bicyclic) bond motifs is 1. The molecule has 116 valence electrons. The molecule has 22 heavy (non-hydrogen) atoms. The molecule has 0 aliphatic carbocycles. The highest BCUT2D eigenvalue weighted by molar-refractivity contribution is 6.33. The summed E-state index contributed by atoms with van der Waals surface area (Å²) in [6.45, 7) is 0.726. The van der Waals surface area contributed by atoms with Crippen LogP contribution in [-0.2, 0) is 13.1 Å². The Kier molecular flexibility index (Phi) is 3.40. The molecule has 0 amide bonds. The van der Waals surface area contributed by atoms with Gasteiger partial charge in [0.2, 0.25) is 0 Å². The van der Waals surface area contributed by atoms with Crippen LogP contribution in [0.15, 0.2) is 21.7 Å². The second kappa shape index (κ2) is 5.13. The van der Waals surface area contributed by atoms with Crippen molar-refractivity contribution in [1.82, 2.24) is 13.9 Å². The molecule has 1 aliphatic heterocycles. The molecular formula is C13H11ClFN3O4. The highest BCUT2D eigenvalue weighted by Gasteiger charge is 2.23. The van der Waals surface area contributed by atoms with Gasteiger partial charge in [-0.2, -0.15) is 0 Å². The van der Waals surface area contributed by atoms with Crippen LogP contribution in [0, 0.1) is 5.82 Å². The molecule has 1 N–H and O–H groups in total. The minimum absolute atomic E-state index is 0.300. The molecule has 9 heteroatoms. The van der Waals surface area contributed by atoms with Gasteiger partial charge in [-0.1, -0.05) is 11.6 Å². The third-order valence-corrected chi connectivity index (χ3v) is 3.93. The Hall–Kier alpha value is -2.35. The van der Waals surface area contributed by atoms with Gasteiger partial charge in [-0.25, -0.2) is 32.7 Å². The number of nitrogens with zero attached hydrogens (tertiary/aromatic N) is 3. The quantitative estimate of drug-likeness (QED) is 0.894. The lowest BCUT2D eigenvalue weighted by atomic mass is 10.2. The van der Waals surface area contributed by atoms with Gasteiger partial charge in [-0.3, -0.25) is 0 Å². The Labute approximate surface area is 127 Å². The molecule has 1 aromatic heterocycles. The largest absolute Gasteiger partial charge is 0.478 e. The Morgan fingerprint density at radius 3 is 2.18 bits per heavy atom. The van der Waals surface area contributed by atoms with Gasteiger partial charge in [-0.05, 0) is 25.0 Å². The van der Waals surface area contributed by atoms with Gasteiger partial charge < -0.3 is 5.11 Å². The number of aromatic carboxylic acids is 1. The van der Waals surface area contributed by atoms with Crippen LogP contribution >= 0.6 is 11.6 Å².